The fraction of sp³-hybridized carbons (Fsp3) is 0.316. The number of amides is 1. The fourth-order valence-corrected chi connectivity index (χ4v) is 2.19. The predicted molar refractivity (Wildman–Crippen MR) is 91.9 cm³/mol. The Morgan fingerprint density at radius 2 is 1.84 bits per heavy atom. The molecule has 0 aliphatic heterocycles. The van der Waals surface area contributed by atoms with Crippen molar-refractivity contribution in [3.63, 3.8) is 0 Å². The zero-order valence-corrected chi connectivity index (χ0v) is 14.1. The maximum atomic E-state index is 12.8. The standard InChI is InChI=1S/C19H22FNO4/c1-14-2-4-15(5-3-14)18(24-11-10-22)12-21-19(23)13-25-17-8-6-16(20)7-9-17/h2-9,18,22H,10-13H2,1H3,(H,21,23)/t18-/m0/s1. The Morgan fingerprint density at radius 3 is 2.48 bits per heavy atom. The average Bonchev–Trinajstić information content (AvgIpc) is 2.62. The highest BCUT2D eigenvalue weighted by molar-refractivity contribution is 5.77. The van der Waals surface area contributed by atoms with Gasteiger partial charge in [0, 0.05) is 6.54 Å². The molecule has 0 radical (unpaired) electrons. The Kier molecular flexibility index (Phi) is 7.37. The number of carbonyl (C=O) groups excluding carboxylic acids is 1. The molecule has 2 aromatic carbocycles. The zero-order chi connectivity index (χ0) is 18.1. The maximum Gasteiger partial charge on any atom is 0.258 e. The molecule has 0 fully saturated rings. The summed E-state index contributed by atoms with van der Waals surface area (Å²) in [6.07, 6.45) is -0.359. The maximum absolute atomic E-state index is 12.8. The van der Waals surface area contributed by atoms with E-state index in [4.69, 9.17) is 14.6 Å². The van der Waals surface area contributed by atoms with Gasteiger partial charge in [-0.3, -0.25) is 4.79 Å². The lowest BCUT2D eigenvalue weighted by atomic mass is 10.1. The van der Waals surface area contributed by atoms with Gasteiger partial charge in [0.1, 0.15) is 11.6 Å². The van der Waals surface area contributed by atoms with Gasteiger partial charge in [-0.2, -0.15) is 0 Å². The number of carbonyl (C=O) groups is 1. The van der Waals surface area contributed by atoms with Crippen LogP contribution in [0.2, 0.25) is 0 Å². The molecule has 0 aliphatic rings. The van der Waals surface area contributed by atoms with Crippen molar-refractivity contribution in [1.29, 1.82) is 0 Å². The highest BCUT2D eigenvalue weighted by Gasteiger charge is 2.14. The topological polar surface area (TPSA) is 67.8 Å². The van der Waals surface area contributed by atoms with Gasteiger partial charge < -0.3 is 19.9 Å². The van der Waals surface area contributed by atoms with Crippen molar-refractivity contribution in [2.24, 2.45) is 0 Å². The summed E-state index contributed by atoms with van der Waals surface area (Å²) in [5.74, 6) is -0.254. The van der Waals surface area contributed by atoms with E-state index >= 15 is 0 Å². The minimum absolute atomic E-state index is 0.0933. The third kappa shape index (κ3) is 6.52. The Labute approximate surface area is 146 Å². The van der Waals surface area contributed by atoms with Gasteiger partial charge in [0.05, 0.1) is 19.3 Å². The zero-order valence-electron chi connectivity index (χ0n) is 14.1. The van der Waals surface area contributed by atoms with Crippen LogP contribution in [0.4, 0.5) is 4.39 Å². The molecule has 0 aliphatic carbocycles. The third-order valence-corrected chi connectivity index (χ3v) is 3.53. The number of aryl methyl sites for hydroxylation is 1. The van der Waals surface area contributed by atoms with E-state index in [1.807, 2.05) is 31.2 Å². The fourth-order valence-electron chi connectivity index (χ4n) is 2.19. The molecule has 1 atom stereocenters. The van der Waals surface area contributed by atoms with Crippen molar-refractivity contribution in [1.82, 2.24) is 5.32 Å². The van der Waals surface area contributed by atoms with Gasteiger partial charge in [-0.25, -0.2) is 4.39 Å². The summed E-state index contributed by atoms with van der Waals surface area (Å²) < 4.78 is 23.7. The number of aliphatic hydroxyl groups excluding tert-OH is 1. The summed E-state index contributed by atoms with van der Waals surface area (Å²) in [5, 5.41) is 11.7. The minimum atomic E-state index is -0.362. The van der Waals surface area contributed by atoms with Crippen molar-refractivity contribution in [3.8, 4) is 5.75 Å². The second kappa shape index (κ2) is 9.76. The lowest BCUT2D eigenvalue weighted by Crippen LogP contribution is -2.33. The van der Waals surface area contributed by atoms with E-state index in [9.17, 15) is 9.18 Å². The average molecular weight is 347 g/mol. The summed E-state index contributed by atoms with van der Waals surface area (Å²) in [5.41, 5.74) is 2.04. The number of rotatable bonds is 9. The first-order valence-corrected chi connectivity index (χ1v) is 8.02. The highest BCUT2D eigenvalue weighted by Crippen LogP contribution is 2.17. The van der Waals surface area contributed by atoms with Crippen LogP contribution in [0.25, 0.3) is 0 Å². The van der Waals surface area contributed by atoms with E-state index in [1.54, 1.807) is 0 Å². The van der Waals surface area contributed by atoms with Crippen LogP contribution in [0.1, 0.15) is 17.2 Å². The van der Waals surface area contributed by atoms with E-state index in [0.29, 0.717) is 5.75 Å². The van der Waals surface area contributed by atoms with Crippen molar-refractivity contribution in [2.75, 3.05) is 26.4 Å². The Balaban J connectivity index is 1.84. The lowest BCUT2D eigenvalue weighted by Gasteiger charge is -2.19. The van der Waals surface area contributed by atoms with Gasteiger partial charge in [-0.15, -0.1) is 0 Å². The summed E-state index contributed by atoms with van der Waals surface area (Å²) in [6, 6.07) is 13.2. The minimum Gasteiger partial charge on any atom is -0.484 e. The first-order chi connectivity index (χ1) is 12.1. The van der Waals surface area contributed by atoms with Crippen molar-refractivity contribution in [2.45, 2.75) is 13.0 Å². The molecule has 134 valence electrons. The number of halogens is 1. The Morgan fingerprint density at radius 1 is 1.16 bits per heavy atom. The van der Waals surface area contributed by atoms with Gasteiger partial charge in [-0.05, 0) is 36.8 Å². The molecule has 2 N–H and O–H groups in total. The third-order valence-electron chi connectivity index (χ3n) is 3.53. The molecular weight excluding hydrogens is 325 g/mol. The number of hydrogen-bond donors (Lipinski definition) is 2. The van der Waals surface area contributed by atoms with Crippen LogP contribution in [0.5, 0.6) is 5.75 Å². The molecule has 0 spiro atoms. The van der Waals surface area contributed by atoms with Crippen LogP contribution in [0, 0.1) is 12.7 Å². The van der Waals surface area contributed by atoms with Crippen molar-refractivity contribution < 1.29 is 23.8 Å². The van der Waals surface area contributed by atoms with E-state index in [1.165, 1.54) is 24.3 Å². The van der Waals surface area contributed by atoms with Gasteiger partial charge in [0.25, 0.3) is 5.91 Å². The molecule has 0 bridgehead atoms. The molecule has 0 heterocycles. The number of ether oxygens (including phenoxy) is 2. The van der Waals surface area contributed by atoms with Gasteiger partial charge in [0.15, 0.2) is 6.61 Å². The quantitative estimate of drug-likeness (QED) is 0.731. The molecule has 25 heavy (non-hydrogen) atoms. The van der Waals surface area contributed by atoms with Crippen LogP contribution in [-0.2, 0) is 9.53 Å². The van der Waals surface area contributed by atoms with E-state index in [0.717, 1.165) is 11.1 Å². The molecule has 0 saturated heterocycles. The van der Waals surface area contributed by atoms with Gasteiger partial charge in [0.2, 0.25) is 0 Å². The van der Waals surface area contributed by atoms with Crippen molar-refractivity contribution >= 4 is 5.91 Å². The molecule has 2 aromatic rings. The molecule has 5 nitrogen and oxygen atoms in total. The SMILES string of the molecule is Cc1ccc([C@H](CNC(=O)COc2ccc(F)cc2)OCCO)cc1. The molecule has 6 heteroatoms. The summed E-state index contributed by atoms with van der Waals surface area (Å²) in [7, 11) is 0. The number of benzene rings is 2. The normalized spacial score (nSPS) is 11.8. The lowest BCUT2D eigenvalue weighted by molar-refractivity contribution is -0.123. The molecule has 0 unspecified atom stereocenters. The van der Waals surface area contributed by atoms with Crippen LogP contribution in [0.15, 0.2) is 48.5 Å². The smallest absolute Gasteiger partial charge is 0.258 e. The van der Waals surface area contributed by atoms with Crippen LogP contribution in [-0.4, -0.2) is 37.4 Å². The molecule has 1 amide bonds. The molecule has 0 saturated carbocycles. The van der Waals surface area contributed by atoms with Crippen LogP contribution >= 0.6 is 0 Å². The van der Waals surface area contributed by atoms with E-state index in [2.05, 4.69) is 5.32 Å². The molecule has 0 aromatic heterocycles. The largest absolute Gasteiger partial charge is 0.484 e. The second-order valence-corrected chi connectivity index (χ2v) is 5.54. The first-order valence-electron chi connectivity index (χ1n) is 8.02. The monoisotopic (exact) mass is 347 g/mol. The van der Waals surface area contributed by atoms with Gasteiger partial charge >= 0.3 is 0 Å². The predicted octanol–water partition coefficient (Wildman–Crippen LogP) is 2.38. The van der Waals surface area contributed by atoms with Gasteiger partial charge in [-0.1, -0.05) is 29.8 Å². The number of nitrogens with one attached hydrogen (secondary N) is 1. The van der Waals surface area contributed by atoms with E-state index in [-0.39, 0.29) is 44.2 Å². The summed E-state index contributed by atoms with van der Waals surface area (Å²) >= 11 is 0. The molecular formula is C19H22FNO4. The number of hydrogen-bond acceptors (Lipinski definition) is 4. The first kappa shape index (κ1) is 18.9. The number of aliphatic hydroxyl groups is 1. The second-order valence-electron chi connectivity index (χ2n) is 5.54. The Hall–Kier alpha value is -2.44. The van der Waals surface area contributed by atoms with Crippen LogP contribution in [0.3, 0.4) is 0 Å². The summed E-state index contributed by atoms with van der Waals surface area (Å²) in [4.78, 5) is 11.9. The van der Waals surface area contributed by atoms with E-state index < -0.39 is 0 Å². The summed E-state index contributed by atoms with van der Waals surface area (Å²) in [6.45, 7) is 2.16. The highest BCUT2D eigenvalue weighted by atomic mass is 19.1. The van der Waals surface area contributed by atoms with Crippen molar-refractivity contribution in [3.05, 3.63) is 65.5 Å². The van der Waals surface area contributed by atoms with Crippen LogP contribution < -0.4 is 10.1 Å². The Bertz CT molecular complexity index is 658. The molecule has 2 rings (SSSR count).